The molecule has 3 rings (SSSR count). The number of aromatic nitrogens is 1. The smallest absolute Gasteiger partial charge is 0.184 e. The summed E-state index contributed by atoms with van der Waals surface area (Å²) in [5.41, 5.74) is 5.21. The van der Waals surface area contributed by atoms with E-state index in [0.717, 1.165) is 16.9 Å². The summed E-state index contributed by atoms with van der Waals surface area (Å²) < 4.78 is 2.06. The van der Waals surface area contributed by atoms with E-state index in [9.17, 15) is 4.79 Å². The summed E-state index contributed by atoms with van der Waals surface area (Å²) >= 11 is 0. The second kappa shape index (κ2) is 5.41. The van der Waals surface area contributed by atoms with Crippen molar-refractivity contribution in [2.45, 2.75) is 13.8 Å². The van der Waals surface area contributed by atoms with Crippen molar-refractivity contribution in [2.24, 2.45) is 0 Å². The van der Waals surface area contributed by atoms with Crippen molar-refractivity contribution in [2.75, 3.05) is 0 Å². The third-order valence-electron chi connectivity index (χ3n) is 3.66. The SMILES string of the molecule is Cc1cn(-c2cccc(-c3ccccc3)c2)c(C)cc1=O. The fourth-order valence-corrected chi connectivity index (χ4v) is 2.48. The minimum absolute atomic E-state index is 0.0861. The number of pyridine rings is 1. The molecule has 0 fully saturated rings. The first kappa shape index (κ1) is 13.4. The van der Waals surface area contributed by atoms with Crippen LogP contribution in [0.15, 0.2) is 71.7 Å². The first-order chi connectivity index (χ1) is 10.1. The van der Waals surface area contributed by atoms with Crippen LogP contribution in [-0.4, -0.2) is 4.57 Å². The minimum atomic E-state index is 0.0861. The van der Waals surface area contributed by atoms with Crippen LogP contribution < -0.4 is 5.43 Å². The third kappa shape index (κ3) is 2.65. The Labute approximate surface area is 124 Å². The van der Waals surface area contributed by atoms with Gasteiger partial charge in [-0.3, -0.25) is 4.79 Å². The van der Waals surface area contributed by atoms with Crippen LogP contribution in [0.4, 0.5) is 0 Å². The van der Waals surface area contributed by atoms with Gasteiger partial charge >= 0.3 is 0 Å². The van der Waals surface area contributed by atoms with Crippen molar-refractivity contribution < 1.29 is 0 Å². The zero-order chi connectivity index (χ0) is 14.8. The van der Waals surface area contributed by atoms with Gasteiger partial charge in [-0.25, -0.2) is 0 Å². The Hall–Kier alpha value is -2.61. The summed E-state index contributed by atoms with van der Waals surface area (Å²) in [6.07, 6.45) is 1.90. The van der Waals surface area contributed by atoms with Gasteiger partial charge in [0.15, 0.2) is 5.43 Å². The van der Waals surface area contributed by atoms with Gasteiger partial charge in [-0.15, -0.1) is 0 Å². The summed E-state index contributed by atoms with van der Waals surface area (Å²) in [6, 6.07) is 20.3. The lowest BCUT2D eigenvalue weighted by Crippen LogP contribution is -2.11. The highest BCUT2D eigenvalue weighted by atomic mass is 16.1. The van der Waals surface area contributed by atoms with Crippen molar-refractivity contribution in [1.29, 1.82) is 0 Å². The maximum Gasteiger partial charge on any atom is 0.184 e. The fraction of sp³-hybridized carbons (Fsp3) is 0.105. The molecule has 2 aromatic carbocycles. The lowest BCUT2D eigenvalue weighted by atomic mass is 10.1. The molecule has 0 bridgehead atoms. The van der Waals surface area contributed by atoms with Gasteiger partial charge < -0.3 is 4.57 Å². The number of hydrogen-bond donors (Lipinski definition) is 0. The Morgan fingerprint density at radius 2 is 1.52 bits per heavy atom. The highest BCUT2D eigenvalue weighted by Crippen LogP contribution is 2.22. The number of hydrogen-bond acceptors (Lipinski definition) is 1. The second-order valence-electron chi connectivity index (χ2n) is 5.25. The van der Waals surface area contributed by atoms with E-state index in [2.05, 4.69) is 34.9 Å². The summed E-state index contributed by atoms with van der Waals surface area (Å²) in [5.74, 6) is 0. The summed E-state index contributed by atoms with van der Waals surface area (Å²) in [6.45, 7) is 3.80. The predicted molar refractivity (Wildman–Crippen MR) is 86.9 cm³/mol. The van der Waals surface area contributed by atoms with Gasteiger partial charge in [-0.05, 0) is 37.1 Å². The summed E-state index contributed by atoms with van der Waals surface area (Å²) in [5, 5.41) is 0. The fourth-order valence-electron chi connectivity index (χ4n) is 2.48. The average Bonchev–Trinajstić information content (AvgIpc) is 2.52. The predicted octanol–water partition coefficient (Wildman–Crippen LogP) is 4.12. The van der Waals surface area contributed by atoms with Crippen LogP contribution in [0.3, 0.4) is 0 Å². The molecule has 0 unspecified atom stereocenters. The van der Waals surface area contributed by atoms with Crippen LogP contribution in [0, 0.1) is 13.8 Å². The Balaban J connectivity index is 2.13. The zero-order valence-electron chi connectivity index (χ0n) is 12.2. The number of benzene rings is 2. The van der Waals surface area contributed by atoms with E-state index in [1.807, 2.05) is 44.3 Å². The molecule has 0 radical (unpaired) electrons. The van der Waals surface area contributed by atoms with Crippen molar-refractivity contribution in [1.82, 2.24) is 4.57 Å². The quantitative estimate of drug-likeness (QED) is 0.689. The summed E-state index contributed by atoms with van der Waals surface area (Å²) in [4.78, 5) is 11.7. The molecular weight excluding hydrogens is 258 g/mol. The van der Waals surface area contributed by atoms with E-state index in [4.69, 9.17) is 0 Å². The molecule has 0 saturated carbocycles. The molecule has 0 aliphatic heterocycles. The van der Waals surface area contributed by atoms with Crippen LogP contribution in [0.25, 0.3) is 16.8 Å². The van der Waals surface area contributed by atoms with E-state index in [0.29, 0.717) is 0 Å². The lowest BCUT2D eigenvalue weighted by Gasteiger charge is -2.13. The normalized spacial score (nSPS) is 10.6. The van der Waals surface area contributed by atoms with Gasteiger partial charge in [0.25, 0.3) is 0 Å². The van der Waals surface area contributed by atoms with Gasteiger partial charge in [0.05, 0.1) is 0 Å². The van der Waals surface area contributed by atoms with E-state index in [1.165, 1.54) is 11.1 Å². The van der Waals surface area contributed by atoms with Gasteiger partial charge in [0.2, 0.25) is 0 Å². The molecule has 1 aromatic heterocycles. The van der Waals surface area contributed by atoms with E-state index >= 15 is 0 Å². The number of nitrogens with zero attached hydrogens (tertiary/aromatic N) is 1. The van der Waals surface area contributed by atoms with Gasteiger partial charge in [-0.1, -0.05) is 42.5 Å². The number of aryl methyl sites for hydroxylation is 2. The van der Waals surface area contributed by atoms with Crippen molar-refractivity contribution in [3.8, 4) is 16.8 Å². The molecule has 1 heterocycles. The van der Waals surface area contributed by atoms with Crippen LogP contribution in [0.2, 0.25) is 0 Å². The molecule has 2 heteroatoms. The Morgan fingerprint density at radius 1 is 0.810 bits per heavy atom. The third-order valence-corrected chi connectivity index (χ3v) is 3.66. The van der Waals surface area contributed by atoms with Crippen molar-refractivity contribution in [3.63, 3.8) is 0 Å². The standard InChI is InChI=1S/C19H17NO/c1-14-13-20(15(2)11-19(14)21)18-10-6-9-17(12-18)16-7-4-3-5-8-16/h3-13H,1-2H3. The molecule has 0 amide bonds. The Morgan fingerprint density at radius 3 is 2.29 bits per heavy atom. The largest absolute Gasteiger partial charge is 0.321 e. The molecule has 104 valence electrons. The molecule has 0 atom stereocenters. The van der Waals surface area contributed by atoms with Crippen LogP contribution >= 0.6 is 0 Å². The van der Waals surface area contributed by atoms with Crippen LogP contribution in [0.5, 0.6) is 0 Å². The van der Waals surface area contributed by atoms with E-state index < -0.39 is 0 Å². The van der Waals surface area contributed by atoms with Crippen LogP contribution in [0.1, 0.15) is 11.3 Å². The Kier molecular flexibility index (Phi) is 3.44. The van der Waals surface area contributed by atoms with Crippen molar-refractivity contribution in [3.05, 3.63) is 88.3 Å². The van der Waals surface area contributed by atoms with Gasteiger partial charge in [0, 0.05) is 29.2 Å². The number of rotatable bonds is 2. The summed E-state index contributed by atoms with van der Waals surface area (Å²) in [7, 11) is 0. The molecule has 2 nitrogen and oxygen atoms in total. The molecule has 0 aliphatic rings. The Bertz CT molecular complexity index is 832. The van der Waals surface area contributed by atoms with Crippen LogP contribution in [-0.2, 0) is 0 Å². The monoisotopic (exact) mass is 275 g/mol. The molecule has 0 saturated heterocycles. The van der Waals surface area contributed by atoms with E-state index in [1.54, 1.807) is 6.07 Å². The zero-order valence-corrected chi connectivity index (χ0v) is 12.2. The van der Waals surface area contributed by atoms with Gasteiger partial charge in [0.1, 0.15) is 0 Å². The molecule has 21 heavy (non-hydrogen) atoms. The maximum absolute atomic E-state index is 11.7. The first-order valence-electron chi connectivity index (χ1n) is 7.01. The first-order valence-corrected chi connectivity index (χ1v) is 7.01. The van der Waals surface area contributed by atoms with Crippen molar-refractivity contribution >= 4 is 0 Å². The second-order valence-corrected chi connectivity index (χ2v) is 5.25. The molecular formula is C19H17NO. The lowest BCUT2D eigenvalue weighted by molar-refractivity contribution is 0.959. The van der Waals surface area contributed by atoms with Gasteiger partial charge in [-0.2, -0.15) is 0 Å². The average molecular weight is 275 g/mol. The van der Waals surface area contributed by atoms with E-state index in [-0.39, 0.29) is 5.43 Å². The molecule has 3 aromatic rings. The molecule has 0 spiro atoms. The molecule has 0 aliphatic carbocycles. The minimum Gasteiger partial charge on any atom is -0.321 e. The highest BCUT2D eigenvalue weighted by molar-refractivity contribution is 5.65. The topological polar surface area (TPSA) is 22.0 Å². The molecule has 0 N–H and O–H groups in total. The highest BCUT2D eigenvalue weighted by Gasteiger charge is 2.04. The maximum atomic E-state index is 11.7.